The summed E-state index contributed by atoms with van der Waals surface area (Å²) in [6.45, 7) is 5.84. The highest BCUT2D eigenvalue weighted by Crippen LogP contribution is 2.30. The van der Waals surface area contributed by atoms with Crippen LogP contribution in [0.1, 0.15) is 13.3 Å². The molecule has 0 spiro atoms. The molecule has 0 radical (unpaired) electrons. The molecular weight excluding hydrogens is 84.1 g/mol. The molecule has 7 heavy (non-hydrogen) atoms. The van der Waals surface area contributed by atoms with Gasteiger partial charge >= 0.3 is 0 Å². The number of hydrogen-bond donors (Lipinski definition) is 0. The Morgan fingerprint density at radius 3 is 2.71 bits per heavy atom. The van der Waals surface area contributed by atoms with Gasteiger partial charge in [0.15, 0.2) is 0 Å². The Morgan fingerprint density at radius 1 is 2.00 bits per heavy atom. The SMILES string of the molecule is C=CCC1=CC1C. The maximum absolute atomic E-state index is 3.63. The lowest BCUT2D eigenvalue weighted by Crippen LogP contribution is -1.66. The van der Waals surface area contributed by atoms with Gasteiger partial charge in [-0.05, 0) is 12.3 Å². The van der Waals surface area contributed by atoms with Crippen molar-refractivity contribution < 1.29 is 0 Å². The van der Waals surface area contributed by atoms with E-state index in [4.69, 9.17) is 0 Å². The molecule has 0 aromatic rings. The molecule has 0 aromatic heterocycles. The van der Waals surface area contributed by atoms with Gasteiger partial charge in [-0.3, -0.25) is 0 Å². The number of hydrogen-bond acceptors (Lipinski definition) is 0. The first-order valence-electron chi connectivity index (χ1n) is 2.66. The first-order valence-corrected chi connectivity index (χ1v) is 2.66. The van der Waals surface area contributed by atoms with E-state index in [-0.39, 0.29) is 0 Å². The van der Waals surface area contributed by atoms with Crippen molar-refractivity contribution in [3.8, 4) is 0 Å². The van der Waals surface area contributed by atoms with Gasteiger partial charge in [-0.2, -0.15) is 0 Å². The fourth-order valence-corrected chi connectivity index (χ4v) is 0.694. The molecule has 38 valence electrons. The van der Waals surface area contributed by atoms with Crippen molar-refractivity contribution in [1.82, 2.24) is 0 Å². The zero-order chi connectivity index (χ0) is 5.28. The zero-order valence-corrected chi connectivity index (χ0v) is 4.65. The lowest BCUT2D eigenvalue weighted by molar-refractivity contribution is 0.998. The molecule has 0 aromatic carbocycles. The molecule has 1 aliphatic rings. The van der Waals surface area contributed by atoms with Gasteiger partial charge in [-0.15, -0.1) is 6.58 Å². The monoisotopic (exact) mass is 94.1 g/mol. The Morgan fingerprint density at radius 2 is 2.57 bits per heavy atom. The van der Waals surface area contributed by atoms with Gasteiger partial charge < -0.3 is 0 Å². The van der Waals surface area contributed by atoms with Gasteiger partial charge in [0.2, 0.25) is 0 Å². The minimum absolute atomic E-state index is 0.790. The Bertz CT molecular complexity index is 109. The third-order valence-corrected chi connectivity index (χ3v) is 1.32. The summed E-state index contributed by atoms with van der Waals surface area (Å²) in [5, 5.41) is 0. The van der Waals surface area contributed by atoms with Crippen LogP contribution in [0.2, 0.25) is 0 Å². The zero-order valence-electron chi connectivity index (χ0n) is 4.65. The molecule has 0 nitrogen and oxygen atoms in total. The van der Waals surface area contributed by atoms with Crippen LogP contribution in [0.5, 0.6) is 0 Å². The summed E-state index contributed by atoms with van der Waals surface area (Å²) in [5.74, 6) is 0.790. The molecule has 0 bridgehead atoms. The third-order valence-electron chi connectivity index (χ3n) is 1.32. The Labute approximate surface area is 44.5 Å². The number of rotatable bonds is 2. The molecule has 0 N–H and O–H groups in total. The topological polar surface area (TPSA) is 0 Å². The second kappa shape index (κ2) is 1.53. The van der Waals surface area contributed by atoms with Crippen LogP contribution in [0.3, 0.4) is 0 Å². The van der Waals surface area contributed by atoms with Crippen LogP contribution in [0, 0.1) is 5.92 Å². The first kappa shape index (κ1) is 4.63. The highest BCUT2D eigenvalue weighted by molar-refractivity contribution is 5.29. The molecule has 0 heteroatoms. The van der Waals surface area contributed by atoms with Gasteiger partial charge in [0.05, 0.1) is 0 Å². The van der Waals surface area contributed by atoms with Crippen LogP contribution in [0.15, 0.2) is 24.3 Å². The quantitative estimate of drug-likeness (QED) is 0.460. The maximum Gasteiger partial charge on any atom is -0.00453 e. The van der Waals surface area contributed by atoms with Crippen molar-refractivity contribution in [3.63, 3.8) is 0 Å². The highest BCUT2D eigenvalue weighted by Gasteiger charge is 2.15. The van der Waals surface area contributed by atoms with Crippen LogP contribution in [0.25, 0.3) is 0 Å². The van der Waals surface area contributed by atoms with E-state index in [0.29, 0.717) is 0 Å². The predicted octanol–water partition coefficient (Wildman–Crippen LogP) is 2.14. The molecule has 0 heterocycles. The first-order chi connectivity index (χ1) is 3.34. The molecule has 0 aliphatic heterocycles. The second-order valence-electron chi connectivity index (χ2n) is 2.02. The Balaban J connectivity index is 2.20. The highest BCUT2D eigenvalue weighted by atomic mass is 14.2. The summed E-state index contributed by atoms with van der Waals surface area (Å²) in [7, 11) is 0. The van der Waals surface area contributed by atoms with E-state index in [1.54, 1.807) is 5.57 Å². The van der Waals surface area contributed by atoms with Crippen molar-refractivity contribution in [1.29, 1.82) is 0 Å². The summed E-state index contributed by atoms with van der Waals surface area (Å²) >= 11 is 0. The molecule has 1 aliphatic carbocycles. The van der Waals surface area contributed by atoms with Gasteiger partial charge in [-0.1, -0.05) is 24.6 Å². The van der Waals surface area contributed by atoms with E-state index >= 15 is 0 Å². The van der Waals surface area contributed by atoms with Crippen LogP contribution < -0.4 is 0 Å². The van der Waals surface area contributed by atoms with Gasteiger partial charge in [0, 0.05) is 0 Å². The van der Waals surface area contributed by atoms with E-state index < -0.39 is 0 Å². The molecule has 0 saturated heterocycles. The second-order valence-corrected chi connectivity index (χ2v) is 2.02. The molecule has 0 fully saturated rings. The summed E-state index contributed by atoms with van der Waals surface area (Å²) in [4.78, 5) is 0. The fraction of sp³-hybridized carbons (Fsp3) is 0.429. The van der Waals surface area contributed by atoms with Crippen molar-refractivity contribution in [2.45, 2.75) is 13.3 Å². The number of allylic oxidation sites excluding steroid dienone is 3. The molecule has 1 rings (SSSR count). The van der Waals surface area contributed by atoms with E-state index in [0.717, 1.165) is 12.3 Å². The fourth-order valence-electron chi connectivity index (χ4n) is 0.694. The molecular formula is C7H10. The average molecular weight is 94.2 g/mol. The van der Waals surface area contributed by atoms with Crippen molar-refractivity contribution in [2.75, 3.05) is 0 Å². The average Bonchev–Trinajstić information content (AvgIpc) is 2.22. The summed E-state index contributed by atoms with van der Waals surface area (Å²) < 4.78 is 0. The molecule has 1 atom stereocenters. The smallest absolute Gasteiger partial charge is 0.00453 e. The lowest BCUT2D eigenvalue weighted by Gasteiger charge is -1.80. The third kappa shape index (κ3) is 0.923. The summed E-state index contributed by atoms with van der Waals surface area (Å²) in [6, 6.07) is 0. The van der Waals surface area contributed by atoms with Gasteiger partial charge in [-0.25, -0.2) is 0 Å². The minimum Gasteiger partial charge on any atom is -0.103 e. The van der Waals surface area contributed by atoms with Gasteiger partial charge in [0.1, 0.15) is 0 Å². The Hall–Kier alpha value is -0.520. The predicted molar refractivity (Wildman–Crippen MR) is 32.1 cm³/mol. The lowest BCUT2D eigenvalue weighted by atomic mass is 10.2. The normalized spacial score (nSPS) is 26.4. The Kier molecular flexibility index (Phi) is 1.01. The van der Waals surface area contributed by atoms with Crippen LogP contribution in [-0.2, 0) is 0 Å². The molecule has 0 amide bonds. The molecule has 0 saturated carbocycles. The van der Waals surface area contributed by atoms with E-state index in [1.165, 1.54) is 0 Å². The van der Waals surface area contributed by atoms with Crippen LogP contribution in [0.4, 0.5) is 0 Å². The summed E-state index contributed by atoms with van der Waals surface area (Å²) in [6.07, 6.45) is 5.32. The minimum atomic E-state index is 0.790. The largest absolute Gasteiger partial charge is 0.103 e. The van der Waals surface area contributed by atoms with Crippen LogP contribution in [-0.4, -0.2) is 0 Å². The van der Waals surface area contributed by atoms with Crippen LogP contribution >= 0.6 is 0 Å². The molecule has 1 unspecified atom stereocenters. The van der Waals surface area contributed by atoms with E-state index in [1.807, 2.05) is 6.08 Å². The van der Waals surface area contributed by atoms with Crippen molar-refractivity contribution >= 4 is 0 Å². The van der Waals surface area contributed by atoms with E-state index in [9.17, 15) is 0 Å². The van der Waals surface area contributed by atoms with Crippen molar-refractivity contribution in [3.05, 3.63) is 24.3 Å². The standard InChI is InChI=1S/C7H10/c1-3-4-7-5-6(7)2/h3,5-6H,1,4H2,2H3. The van der Waals surface area contributed by atoms with Gasteiger partial charge in [0.25, 0.3) is 0 Å². The maximum atomic E-state index is 3.63. The van der Waals surface area contributed by atoms with E-state index in [2.05, 4.69) is 19.6 Å². The van der Waals surface area contributed by atoms with Crippen molar-refractivity contribution in [2.24, 2.45) is 5.92 Å². The summed E-state index contributed by atoms with van der Waals surface area (Å²) in [5.41, 5.74) is 1.55.